The zero-order valence-electron chi connectivity index (χ0n) is 15.9. The number of pyridine rings is 2. The van der Waals surface area contributed by atoms with Gasteiger partial charge in [-0.1, -0.05) is 11.9 Å². The van der Waals surface area contributed by atoms with Crippen molar-refractivity contribution in [2.24, 2.45) is 0 Å². The van der Waals surface area contributed by atoms with E-state index in [2.05, 4.69) is 21.9 Å². The number of rotatable bonds is 4. The number of aryl methyl sites for hydroxylation is 2. The molecule has 9 heteroatoms. The van der Waals surface area contributed by atoms with Gasteiger partial charge in [0.1, 0.15) is 11.2 Å². The number of imidazole rings is 1. The molecule has 0 spiro atoms. The van der Waals surface area contributed by atoms with E-state index in [4.69, 9.17) is 4.74 Å². The van der Waals surface area contributed by atoms with Gasteiger partial charge in [-0.25, -0.2) is 4.98 Å². The van der Waals surface area contributed by atoms with Crippen molar-refractivity contribution in [2.75, 3.05) is 7.11 Å². The highest BCUT2D eigenvalue weighted by Crippen LogP contribution is 2.16. The van der Waals surface area contributed by atoms with Gasteiger partial charge in [0.05, 0.1) is 13.7 Å². The number of aromatic nitrogens is 5. The molecule has 4 N–H and O–H groups in total. The average molecular weight is 405 g/mol. The predicted molar refractivity (Wildman–Crippen MR) is 99.9 cm³/mol. The first-order valence-corrected chi connectivity index (χ1v) is 8.59. The zero-order valence-corrected chi connectivity index (χ0v) is 16.7. The zero-order chi connectivity index (χ0) is 18.3. The number of methoxy groups -OCH3 is 1. The highest BCUT2D eigenvalue weighted by atomic mass is 35.5. The van der Waals surface area contributed by atoms with Gasteiger partial charge in [0, 0.05) is 24.6 Å². The van der Waals surface area contributed by atoms with Crippen molar-refractivity contribution in [1.82, 2.24) is 14.5 Å². The van der Waals surface area contributed by atoms with Crippen molar-refractivity contribution in [3.05, 3.63) is 64.1 Å². The lowest BCUT2D eigenvalue weighted by molar-refractivity contribution is -0.495. The molecule has 0 aliphatic carbocycles. The lowest BCUT2D eigenvalue weighted by Gasteiger charge is -2.09. The van der Waals surface area contributed by atoms with Gasteiger partial charge in [-0.15, -0.1) is 0 Å². The van der Waals surface area contributed by atoms with Gasteiger partial charge >= 0.3 is 0 Å². The first-order chi connectivity index (χ1) is 12.6. The van der Waals surface area contributed by atoms with E-state index in [9.17, 15) is 4.79 Å². The molecule has 148 valence electrons. The molecule has 0 radical (unpaired) electrons. The Hall–Kier alpha value is -2.97. The van der Waals surface area contributed by atoms with Gasteiger partial charge in [-0.05, 0) is 18.6 Å². The molecule has 0 aromatic carbocycles. The lowest BCUT2D eigenvalue weighted by atomic mass is 10.2. The van der Waals surface area contributed by atoms with Crippen LogP contribution in [-0.2, 0) is 13.0 Å². The molecule has 0 aliphatic heterocycles. The summed E-state index contributed by atoms with van der Waals surface area (Å²) in [6.45, 7) is 4.44. The lowest BCUT2D eigenvalue weighted by Crippen LogP contribution is -3.00. The fraction of sp³-hybridized carbons (Fsp3) is 0.263. The van der Waals surface area contributed by atoms with Crippen LogP contribution in [0.3, 0.4) is 0 Å². The standard InChI is InChI=1S/C19H19N5O2.ClH.H2O/c1-4-15-21-12(2)17-19(25)23(11-13-7-9-20-10-8-13)14-5-6-16(26-3)22-18(14)24(15)17;;/h5-10H,4,11H2,1-3H3;1H;1H2/p+1. The SMILES string of the molecule is CCc1[nH]c(C)c2c(=O)n(Cc3cc[nH+]cc3)c3ccc(OC)nc3[n+]12.O.[Cl-]. The van der Waals surface area contributed by atoms with Crippen LogP contribution in [0, 0.1) is 6.92 Å². The third-order valence-corrected chi connectivity index (χ3v) is 4.63. The smallest absolute Gasteiger partial charge is 0.296 e. The summed E-state index contributed by atoms with van der Waals surface area (Å²) in [5, 5.41) is 0. The number of halogens is 1. The van der Waals surface area contributed by atoms with E-state index in [0.717, 1.165) is 29.0 Å². The third-order valence-electron chi connectivity index (χ3n) is 4.63. The Morgan fingerprint density at radius 1 is 1.25 bits per heavy atom. The molecule has 0 fully saturated rings. The summed E-state index contributed by atoms with van der Waals surface area (Å²) in [7, 11) is 1.59. The maximum Gasteiger partial charge on any atom is 0.296 e. The van der Waals surface area contributed by atoms with Crippen LogP contribution in [0.15, 0.2) is 41.5 Å². The maximum absolute atomic E-state index is 13.3. The number of aromatic amines is 2. The van der Waals surface area contributed by atoms with Gasteiger partial charge in [0.15, 0.2) is 12.4 Å². The molecule has 28 heavy (non-hydrogen) atoms. The van der Waals surface area contributed by atoms with Crippen LogP contribution in [0.1, 0.15) is 24.0 Å². The van der Waals surface area contributed by atoms with E-state index in [1.165, 1.54) is 0 Å². The molecule has 0 saturated heterocycles. The number of H-pyrrole nitrogens is 2. The molecule has 0 saturated carbocycles. The Labute approximate surface area is 167 Å². The summed E-state index contributed by atoms with van der Waals surface area (Å²) in [6, 6.07) is 7.61. The highest BCUT2D eigenvalue weighted by Gasteiger charge is 2.24. The molecule has 8 nitrogen and oxygen atoms in total. The van der Waals surface area contributed by atoms with E-state index in [-0.39, 0.29) is 23.4 Å². The van der Waals surface area contributed by atoms with Gasteiger partial charge in [-0.3, -0.25) is 14.3 Å². The second kappa shape index (κ2) is 8.37. The van der Waals surface area contributed by atoms with Gasteiger partial charge in [0.2, 0.25) is 11.3 Å². The van der Waals surface area contributed by atoms with Gasteiger partial charge < -0.3 is 22.6 Å². The maximum atomic E-state index is 13.3. The molecule has 0 aliphatic rings. The predicted octanol–water partition coefficient (Wildman–Crippen LogP) is -2.62. The highest BCUT2D eigenvalue weighted by molar-refractivity contribution is 5.70. The van der Waals surface area contributed by atoms with E-state index in [0.29, 0.717) is 23.6 Å². The van der Waals surface area contributed by atoms with Crippen LogP contribution < -0.4 is 32.1 Å². The van der Waals surface area contributed by atoms with Crippen molar-refractivity contribution < 1.29 is 32.0 Å². The largest absolute Gasteiger partial charge is 1.00 e. The number of hydrogen-bond donors (Lipinski definition) is 1. The molecular formula is C19H23ClN5O3+. The van der Waals surface area contributed by atoms with Crippen LogP contribution >= 0.6 is 0 Å². The van der Waals surface area contributed by atoms with Gasteiger partial charge in [0.25, 0.3) is 17.1 Å². The van der Waals surface area contributed by atoms with Crippen molar-refractivity contribution in [3.8, 4) is 5.88 Å². The first kappa shape index (κ1) is 21.3. The van der Waals surface area contributed by atoms with Crippen molar-refractivity contribution in [2.45, 2.75) is 26.8 Å². The van der Waals surface area contributed by atoms with Gasteiger partial charge in [-0.2, -0.15) is 4.40 Å². The van der Waals surface area contributed by atoms with Crippen LogP contribution in [0.25, 0.3) is 16.7 Å². The van der Waals surface area contributed by atoms with Crippen molar-refractivity contribution in [3.63, 3.8) is 0 Å². The summed E-state index contributed by atoms with van der Waals surface area (Å²) in [5.74, 6) is 1.47. The van der Waals surface area contributed by atoms with Crippen molar-refractivity contribution in [1.29, 1.82) is 0 Å². The second-order valence-corrected chi connectivity index (χ2v) is 6.23. The molecule has 0 unspecified atom stereocenters. The summed E-state index contributed by atoms with van der Waals surface area (Å²) in [6.07, 6.45) is 4.47. The molecule has 4 heterocycles. The average Bonchev–Trinajstić information content (AvgIpc) is 3.02. The number of nitrogens with zero attached hydrogens (tertiary/aromatic N) is 3. The summed E-state index contributed by atoms with van der Waals surface area (Å²) in [4.78, 5) is 24.3. The van der Waals surface area contributed by atoms with E-state index in [1.54, 1.807) is 17.7 Å². The first-order valence-electron chi connectivity index (χ1n) is 8.59. The summed E-state index contributed by atoms with van der Waals surface area (Å²) < 4.78 is 9.01. The van der Waals surface area contributed by atoms with E-state index in [1.807, 2.05) is 41.9 Å². The molecular weight excluding hydrogens is 382 g/mol. The number of fused-ring (bicyclic) bond motifs is 3. The Kier molecular flexibility index (Phi) is 6.37. The van der Waals surface area contributed by atoms with Crippen LogP contribution in [0.2, 0.25) is 0 Å². The Bertz CT molecular complexity index is 1170. The van der Waals surface area contributed by atoms with Crippen LogP contribution in [0.5, 0.6) is 5.88 Å². The molecule has 4 aromatic heterocycles. The minimum atomic E-state index is -0.0363. The Morgan fingerprint density at radius 3 is 2.61 bits per heavy atom. The molecule has 0 amide bonds. The molecule has 4 aromatic rings. The molecule has 4 rings (SSSR count). The quantitative estimate of drug-likeness (QED) is 0.376. The Morgan fingerprint density at radius 2 is 1.96 bits per heavy atom. The normalized spacial score (nSPS) is 10.5. The second-order valence-electron chi connectivity index (χ2n) is 6.23. The van der Waals surface area contributed by atoms with Crippen LogP contribution in [-0.4, -0.2) is 27.1 Å². The molecule has 0 atom stereocenters. The van der Waals surface area contributed by atoms with Crippen molar-refractivity contribution >= 4 is 16.7 Å². The van der Waals surface area contributed by atoms with E-state index < -0.39 is 0 Å². The molecule has 0 bridgehead atoms. The monoisotopic (exact) mass is 404 g/mol. The topological polar surface area (TPSA) is 110 Å². The minimum Gasteiger partial charge on any atom is -1.00 e. The Balaban J connectivity index is 0.00000140. The minimum absolute atomic E-state index is 0. The fourth-order valence-electron chi connectivity index (χ4n) is 3.39. The fourth-order valence-corrected chi connectivity index (χ4v) is 3.39. The summed E-state index contributed by atoms with van der Waals surface area (Å²) in [5.41, 5.74) is 3.95. The van der Waals surface area contributed by atoms with Crippen LogP contribution in [0.4, 0.5) is 0 Å². The summed E-state index contributed by atoms with van der Waals surface area (Å²) >= 11 is 0. The van der Waals surface area contributed by atoms with E-state index >= 15 is 0 Å². The number of ether oxygens (including phenoxy) is 1. The number of nitrogens with one attached hydrogen (secondary N) is 2. The third kappa shape index (κ3) is 3.32. The number of hydrogen-bond acceptors (Lipinski definition) is 3.